The van der Waals surface area contributed by atoms with Gasteiger partial charge < -0.3 is 14.8 Å². The molecule has 0 radical (unpaired) electrons. The highest BCUT2D eigenvalue weighted by Crippen LogP contribution is 2.21. The first-order valence-electron chi connectivity index (χ1n) is 8.45. The molecule has 22 heavy (non-hydrogen) atoms. The summed E-state index contributed by atoms with van der Waals surface area (Å²) in [4.78, 5) is 24.1. The lowest BCUT2D eigenvalue weighted by Gasteiger charge is -2.40. The molecule has 0 atom stereocenters. The number of nitrogens with one attached hydrogen (secondary N) is 1. The number of amides is 1. The predicted octanol–water partition coefficient (Wildman–Crippen LogP) is 2.21. The fourth-order valence-corrected chi connectivity index (χ4v) is 3.53. The standard InChI is InChI=1S/C17H26N4O/c1-14-16(19-13-18-14)5-6-17(22)21-11-7-15(8-12-21)20-9-3-2-4-10-20/h5-6,13,15H,2-4,7-12H2,1H3,(H,18,19). The second-order valence-electron chi connectivity index (χ2n) is 6.40. The van der Waals surface area contributed by atoms with Gasteiger partial charge in [-0.25, -0.2) is 4.98 Å². The van der Waals surface area contributed by atoms with Crippen molar-refractivity contribution in [3.8, 4) is 0 Å². The van der Waals surface area contributed by atoms with Gasteiger partial charge in [-0.05, 0) is 51.8 Å². The van der Waals surface area contributed by atoms with Crippen LogP contribution in [0.25, 0.3) is 6.08 Å². The fraction of sp³-hybridized carbons (Fsp3) is 0.647. The number of carbonyl (C=O) groups is 1. The molecule has 3 rings (SSSR count). The summed E-state index contributed by atoms with van der Waals surface area (Å²) in [5, 5.41) is 0. The van der Waals surface area contributed by atoms with Crippen LogP contribution < -0.4 is 0 Å². The normalized spacial score (nSPS) is 21.6. The van der Waals surface area contributed by atoms with Gasteiger partial charge in [0.15, 0.2) is 0 Å². The zero-order chi connectivity index (χ0) is 15.4. The van der Waals surface area contributed by atoms with E-state index >= 15 is 0 Å². The number of aryl methyl sites for hydroxylation is 1. The minimum absolute atomic E-state index is 0.111. The molecule has 0 aromatic carbocycles. The van der Waals surface area contributed by atoms with Crippen molar-refractivity contribution in [1.82, 2.24) is 19.8 Å². The van der Waals surface area contributed by atoms with Gasteiger partial charge in [-0.2, -0.15) is 0 Å². The molecule has 1 aromatic rings. The first-order valence-corrected chi connectivity index (χ1v) is 8.45. The monoisotopic (exact) mass is 302 g/mol. The quantitative estimate of drug-likeness (QED) is 0.871. The maximum atomic E-state index is 12.3. The van der Waals surface area contributed by atoms with Crippen LogP contribution in [0.15, 0.2) is 12.4 Å². The number of hydrogen-bond acceptors (Lipinski definition) is 3. The molecule has 0 bridgehead atoms. The Bertz CT molecular complexity index is 523. The van der Waals surface area contributed by atoms with Crippen LogP contribution in [-0.4, -0.2) is 57.9 Å². The van der Waals surface area contributed by atoms with E-state index in [1.54, 1.807) is 12.4 Å². The van der Waals surface area contributed by atoms with Crippen molar-refractivity contribution in [3.63, 3.8) is 0 Å². The Morgan fingerprint density at radius 2 is 1.95 bits per heavy atom. The third kappa shape index (κ3) is 3.58. The van der Waals surface area contributed by atoms with E-state index in [-0.39, 0.29) is 5.91 Å². The molecular weight excluding hydrogens is 276 g/mol. The second kappa shape index (κ2) is 7.09. The van der Waals surface area contributed by atoms with Crippen LogP contribution in [0.1, 0.15) is 43.5 Å². The van der Waals surface area contributed by atoms with Crippen LogP contribution in [0.2, 0.25) is 0 Å². The minimum Gasteiger partial charge on any atom is -0.348 e. The van der Waals surface area contributed by atoms with Gasteiger partial charge >= 0.3 is 0 Å². The van der Waals surface area contributed by atoms with E-state index in [0.717, 1.165) is 37.3 Å². The number of piperidine rings is 2. The van der Waals surface area contributed by atoms with Crippen LogP contribution in [0.4, 0.5) is 0 Å². The molecule has 2 aliphatic rings. The number of aromatic amines is 1. The average molecular weight is 302 g/mol. The van der Waals surface area contributed by atoms with Gasteiger partial charge in [0.2, 0.25) is 5.91 Å². The largest absolute Gasteiger partial charge is 0.348 e. The van der Waals surface area contributed by atoms with Crippen LogP contribution >= 0.6 is 0 Å². The lowest BCUT2D eigenvalue weighted by atomic mass is 10.00. The Kier molecular flexibility index (Phi) is 4.93. The highest BCUT2D eigenvalue weighted by Gasteiger charge is 2.26. The maximum absolute atomic E-state index is 12.3. The third-order valence-corrected chi connectivity index (χ3v) is 4.94. The molecule has 0 unspecified atom stereocenters. The zero-order valence-corrected chi connectivity index (χ0v) is 13.4. The predicted molar refractivity (Wildman–Crippen MR) is 87.4 cm³/mol. The van der Waals surface area contributed by atoms with Crippen LogP contribution in [0.3, 0.4) is 0 Å². The lowest BCUT2D eigenvalue weighted by molar-refractivity contribution is -0.127. The molecule has 3 heterocycles. The summed E-state index contributed by atoms with van der Waals surface area (Å²) in [6.45, 7) is 6.21. The number of likely N-dealkylation sites (tertiary alicyclic amines) is 2. The molecule has 2 aliphatic heterocycles. The fourth-order valence-electron chi connectivity index (χ4n) is 3.53. The van der Waals surface area contributed by atoms with Crippen molar-refractivity contribution in [2.45, 2.75) is 45.1 Å². The molecule has 1 N–H and O–H groups in total. The topological polar surface area (TPSA) is 52.2 Å². The van der Waals surface area contributed by atoms with Crippen molar-refractivity contribution in [2.75, 3.05) is 26.2 Å². The van der Waals surface area contributed by atoms with Crippen molar-refractivity contribution in [3.05, 3.63) is 23.8 Å². The van der Waals surface area contributed by atoms with E-state index in [2.05, 4.69) is 14.9 Å². The number of hydrogen-bond donors (Lipinski definition) is 1. The number of H-pyrrole nitrogens is 1. The van der Waals surface area contributed by atoms with Crippen molar-refractivity contribution in [1.29, 1.82) is 0 Å². The summed E-state index contributed by atoms with van der Waals surface area (Å²) in [6, 6.07) is 0.682. The molecule has 2 saturated heterocycles. The van der Waals surface area contributed by atoms with Gasteiger partial charge in [-0.1, -0.05) is 6.42 Å². The van der Waals surface area contributed by atoms with E-state index in [9.17, 15) is 4.79 Å². The minimum atomic E-state index is 0.111. The average Bonchev–Trinajstić information content (AvgIpc) is 2.99. The number of imidazole rings is 1. The Balaban J connectivity index is 1.49. The van der Waals surface area contributed by atoms with E-state index in [0.29, 0.717) is 6.04 Å². The third-order valence-electron chi connectivity index (χ3n) is 4.94. The molecule has 5 heteroatoms. The summed E-state index contributed by atoms with van der Waals surface area (Å²) in [5.41, 5.74) is 1.84. The Labute approximate surface area is 132 Å². The molecule has 1 amide bonds. The Morgan fingerprint density at radius 1 is 1.23 bits per heavy atom. The van der Waals surface area contributed by atoms with Crippen molar-refractivity contribution < 1.29 is 4.79 Å². The zero-order valence-electron chi connectivity index (χ0n) is 13.4. The van der Waals surface area contributed by atoms with Crippen molar-refractivity contribution >= 4 is 12.0 Å². The highest BCUT2D eigenvalue weighted by atomic mass is 16.2. The van der Waals surface area contributed by atoms with Gasteiger partial charge in [0, 0.05) is 30.9 Å². The van der Waals surface area contributed by atoms with Crippen LogP contribution in [-0.2, 0) is 4.79 Å². The first-order chi connectivity index (χ1) is 10.7. The molecule has 120 valence electrons. The summed E-state index contributed by atoms with van der Waals surface area (Å²) in [6.07, 6.45) is 11.4. The smallest absolute Gasteiger partial charge is 0.246 e. The number of rotatable bonds is 3. The molecule has 0 spiro atoms. The van der Waals surface area contributed by atoms with Crippen LogP contribution in [0.5, 0.6) is 0 Å². The number of nitrogens with zero attached hydrogens (tertiary/aromatic N) is 3. The van der Waals surface area contributed by atoms with E-state index in [4.69, 9.17) is 0 Å². The van der Waals surface area contributed by atoms with Crippen LogP contribution in [0, 0.1) is 6.92 Å². The molecule has 2 fully saturated rings. The number of carbonyl (C=O) groups excluding carboxylic acids is 1. The SMILES string of the molecule is Cc1[nH]cnc1C=CC(=O)N1CCC(N2CCCCC2)CC1. The molecule has 1 aromatic heterocycles. The van der Waals surface area contributed by atoms with Gasteiger partial charge in [0.1, 0.15) is 0 Å². The summed E-state index contributed by atoms with van der Waals surface area (Å²) in [7, 11) is 0. The molecular formula is C17H26N4O. The summed E-state index contributed by atoms with van der Waals surface area (Å²) >= 11 is 0. The van der Waals surface area contributed by atoms with Gasteiger partial charge in [0.25, 0.3) is 0 Å². The van der Waals surface area contributed by atoms with Crippen molar-refractivity contribution in [2.24, 2.45) is 0 Å². The number of aromatic nitrogens is 2. The van der Waals surface area contributed by atoms with Gasteiger partial charge in [0.05, 0.1) is 12.0 Å². The summed E-state index contributed by atoms with van der Waals surface area (Å²) < 4.78 is 0. The lowest BCUT2D eigenvalue weighted by Crippen LogP contribution is -2.47. The first kappa shape index (κ1) is 15.3. The molecule has 0 aliphatic carbocycles. The summed E-state index contributed by atoms with van der Waals surface area (Å²) in [5.74, 6) is 0.111. The van der Waals surface area contributed by atoms with E-state index in [1.165, 1.54) is 32.4 Å². The Morgan fingerprint density at radius 3 is 2.59 bits per heavy atom. The maximum Gasteiger partial charge on any atom is 0.246 e. The van der Waals surface area contributed by atoms with Gasteiger partial charge in [-0.15, -0.1) is 0 Å². The Hall–Kier alpha value is -1.62. The molecule has 0 saturated carbocycles. The van der Waals surface area contributed by atoms with Gasteiger partial charge in [-0.3, -0.25) is 4.79 Å². The second-order valence-corrected chi connectivity index (χ2v) is 6.40. The van der Waals surface area contributed by atoms with E-state index in [1.807, 2.05) is 17.9 Å². The highest BCUT2D eigenvalue weighted by molar-refractivity contribution is 5.91. The molecule has 5 nitrogen and oxygen atoms in total. The van der Waals surface area contributed by atoms with E-state index < -0.39 is 0 Å².